The molecule has 0 atom stereocenters. The van der Waals surface area contributed by atoms with Crippen LogP contribution >= 0.6 is 0 Å². The lowest BCUT2D eigenvalue weighted by atomic mass is 10.2. The molecule has 0 heterocycles. The first-order valence-corrected chi connectivity index (χ1v) is 13.4. The first-order valence-electron chi connectivity index (χ1n) is 10.3. The second-order valence-corrected chi connectivity index (χ2v) is 11.3. The van der Waals surface area contributed by atoms with Crippen LogP contribution in [0.4, 0.5) is 5.69 Å². The Hall–Kier alpha value is -2.76. The summed E-state index contributed by atoms with van der Waals surface area (Å²) in [5.74, 6) is -1.96. The number of hydrogen-bond acceptors (Lipinski definition) is 7. The van der Waals surface area contributed by atoms with Crippen molar-refractivity contribution >= 4 is 37.4 Å². The molecule has 0 radical (unpaired) electrons. The molecule has 0 bridgehead atoms. The Morgan fingerprint density at radius 1 is 0.939 bits per heavy atom. The van der Waals surface area contributed by atoms with Gasteiger partial charge in [-0.25, -0.2) is 16.8 Å². The van der Waals surface area contributed by atoms with Crippen LogP contribution in [-0.2, 0) is 34.2 Å². The first-order chi connectivity index (χ1) is 15.5. The van der Waals surface area contributed by atoms with Gasteiger partial charge < -0.3 is 10.1 Å². The number of sulfonamides is 1. The molecule has 9 nitrogen and oxygen atoms in total. The van der Waals surface area contributed by atoms with Gasteiger partial charge in [-0.15, -0.1) is 0 Å². The number of benzene rings is 2. The molecule has 11 heteroatoms. The summed E-state index contributed by atoms with van der Waals surface area (Å²) >= 11 is 0. The van der Waals surface area contributed by atoms with Crippen LogP contribution in [-0.4, -0.2) is 58.5 Å². The summed E-state index contributed by atoms with van der Waals surface area (Å²) in [5.41, 5.74) is 1.14. The van der Waals surface area contributed by atoms with Gasteiger partial charge in [0.05, 0.1) is 22.0 Å². The fourth-order valence-electron chi connectivity index (χ4n) is 2.94. The Morgan fingerprint density at radius 3 is 2.18 bits per heavy atom. The number of rotatable bonds is 11. The maximum atomic E-state index is 12.6. The molecule has 0 saturated carbocycles. The number of sulfone groups is 1. The van der Waals surface area contributed by atoms with Crippen LogP contribution in [0.5, 0.6) is 0 Å². The van der Waals surface area contributed by atoms with Gasteiger partial charge in [0.2, 0.25) is 10.0 Å². The molecule has 0 fully saturated rings. The highest BCUT2D eigenvalue weighted by Crippen LogP contribution is 2.19. The lowest BCUT2D eigenvalue weighted by Gasteiger charge is -2.18. The van der Waals surface area contributed by atoms with E-state index in [4.69, 9.17) is 4.74 Å². The average Bonchev–Trinajstić information content (AvgIpc) is 2.77. The van der Waals surface area contributed by atoms with Crippen molar-refractivity contribution < 1.29 is 31.2 Å². The predicted octanol–water partition coefficient (Wildman–Crippen LogP) is 2.37. The molecule has 0 aliphatic heterocycles. The number of carbonyl (C=O) groups excluding carboxylic acids is 2. The van der Waals surface area contributed by atoms with Gasteiger partial charge in [0.1, 0.15) is 0 Å². The molecule has 0 spiro atoms. The number of amides is 1. The van der Waals surface area contributed by atoms with Crippen LogP contribution in [0.2, 0.25) is 0 Å². The number of carbonyl (C=O) groups is 2. The zero-order valence-electron chi connectivity index (χ0n) is 18.8. The third-order valence-electron chi connectivity index (χ3n) is 4.78. The van der Waals surface area contributed by atoms with Gasteiger partial charge in [-0.2, -0.15) is 4.31 Å². The molecule has 0 aliphatic rings. The van der Waals surface area contributed by atoms with Crippen molar-refractivity contribution in [2.75, 3.05) is 30.8 Å². The third-order valence-corrected chi connectivity index (χ3v) is 8.56. The summed E-state index contributed by atoms with van der Waals surface area (Å²) in [6.07, 6.45) is -0.402. The maximum absolute atomic E-state index is 12.6. The molecule has 2 rings (SSSR count). The summed E-state index contributed by atoms with van der Waals surface area (Å²) in [4.78, 5) is 24.2. The molecule has 0 unspecified atom stereocenters. The Morgan fingerprint density at radius 2 is 1.58 bits per heavy atom. The van der Waals surface area contributed by atoms with Crippen molar-refractivity contribution in [3.8, 4) is 0 Å². The minimum atomic E-state index is -3.69. The minimum absolute atomic E-state index is 0.0299. The van der Waals surface area contributed by atoms with Crippen LogP contribution in [0.3, 0.4) is 0 Å². The Balaban J connectivity index is 1.90. The zero-order chi connectivity index (χ0) is 24.6. The number of anilines is 1. The normalized spacial score (nSPS) is 11.9. The summed E-state index contributed by atoms with van der Waals surface area (Å²) in [5, 5.41) is 2.47. The van der Waals surface area contributed by atoms with Crippen molar-refractivity contribution in [3.63, 3.8) is 0 Å². The number of nitrogens with one attached hydrogen (secondary N) is 1. The second kappa shape index (κ2) is 11.4. The van der Waals surface area contributed by atoms with E-state index in [9.17, 15) is 26.4 Å². The largest absolute Gasteiger partial charge is 0.456 e. The molecular formula is C22H28N2O7S2. The highest BCUT2D eigenvalue weighted by molar-refractivity contribution is 7.91. The smallest absolute Gasteiger partial charge is 0.307 e. The lowest BCUT2D eigenvalue weighted by Crippen LogP contribution is -2.30. The molecule has 1 N–H and O–H groups in total. The van der Waals surface area contributed by atoms with E-state index in [1.165, 1.54) is 40.7 Å². The molecule has 180 valence electrons. The van der Waals surface area contributed by atoms with Crippen LogP contribution in [0.15, 0.2) is 58.3 Å². The van der Waals surface area contributed by atoms with E-state index in [0.717, 1.165) is 5.56 Å². The number of nitrogens with zero attached hydrogens (tertiary/aromatic N) is 1. The van der Waals surface area contributed by atoms with Gasteiger partial charge in [0.15, 0.2) is 16.4 Å². The standard InChI is InChI=1S/C22H28N2O7S2/c1-4-24(5-2)33(29,30)20-8-6-7-18(15-20)23-21(25)16-31-22(26)13-14-32(27,28)19-11-9-17(3)10-12-19/h6-12,15H,4-5,13-14,16H2,1-3H3,(H,23,25). The maximum Gasteiger partial charge on any atom is 0.307 e. The van der Waals surface area contributed by atoms with Gasteiger partial charge in [0.25, 0.3) is 5.91 Å². The summed E-state index contributed by atoms with van der Waals surface area (Å²) in [6.45, 7) is 5.28. The molecule has 0 aliphatic carbocycles. The summed E-state index contributed by atoms with van der Waals surface area (Å²) < 4.78 is 56.0. The number of aryl methyl sites for hydroxylation is 1. The summed E-state index contributed by atoms with van der Waals surface area (Å²) in [6, 6.07) is 12.0. The number of ether oxygens (including phenoxy) is 1. The Bertz CT molecular complexity index is 1190. The zero-order valence-corrected chi connectivity index (χ0v) is 20.4. The predicted molar refractivity (Wildman–Crippen MR) is 124 cm³/mol. The third kappa shape index (κ3) is 7.37. The fourth-order valence-corrected chi connectivity index (χ4v) is 5.67. The van der Waals surface area contributed by atoms with Gasteiger partial charge in [-0.3, -0.25) is 9.59 Å². The van der Waals surface area contributed by atoms with Crippen LogP contribution in [0, 0.1) is 6.92 Å². The van der Waals surface area contributed by atoms with E-state index in [-0.39, 0.29) is 15.5 Å². The highest BCUT2D eigenvalue weighted by atomic mass is 32.2. The van der Waals surface area contributed by atoms with Crippen molar-refractivity contribution in [3.05, 3.63) is 54.1 Å². The van der Waals surface area contributed by atoms with E-state index in [2.05, 4.69) is 5.32 Å². The molecule has 2 aromatic rings. The first kappa shape index (κ1) is 26.5. The van der Waals surface area contributed by atoms with Gasteiger partial charge in [0, 0.05) is 18.8 Å². The summed E-state index contributed by atoms with van der Waals surface area (Å²) in [7, 11) is -7.34. The molecule has 0 saturated heterocycles. The van der Waals surface area contributed by atoms with Crippen LogP contribution < -0.4 is 5.32 Å². The van der Waals surface area contributed by atoms with E-state index in [1.54, 1.807) is 26.0 Å². The second-order valence-electron chi connectivity index (χ2n) is 7.21. The Kier molecular flexibility index (Phi) is 9.15. The van der Waals surface area contributed by atoms with E-state index < -0.39 is 50.5 Å². The monoisotopic (exact) mass is 496 g/mol. The van der Waals surface area contributed by atoms with Crippen molar-refractivity contribution in [2.45, 2.75) is 37.0 Å². The lowest BCUT2D eigenvalue weighted by molar-refractivity contribution is -0.146. The minimum Gasteiger partial charge on any atom is -0.456 e. The van der Waals surface area contributed by atoms with Crippen molar-refractivity contribution in [1.82, 2.24) is 4.31 Å². The van der Waals surface area contributed by atoms with Crippen molar-refractivity contribution in [1.29, 1.82) is 0 Å². The number of esters is 1. The number of hydrogen-bond donors (Lipinski definition) is 1. The Labute approximate surface area is 194 Å². The molecule has 1 amide bonds. The molecule has 0 aromatic heterocycles. The fraction of sp³-hybridized carbons (Fsp3) is 0.364. The van der Waals surface area contributed by atoms with Crippen molar-refractivity contribution in [2.24, 2.45) is 0 Å². The van der Waals surface area contributed by atoms with Crippen LogP contribution in [0.1, 0.15) is 25.8 Å². The van der Waals surface area contributed by atoms with Gasteiger partial charge in [-0.05, 0) is 37.3 Å². The van der Waals surface area contributed by atoms with E-state index in [1.807, 2.05) is 6.92 Å². The quantitative estimate of drug-likeness (QED) is 0.473. The van der Waals surface area contributed by atoms with E-state index in [0.29, 0.717) is 13.1 Å². The highest BCUT2D eigenvalue weighted by Gasteiger charge is 2.22. The van der Waals surface area contributed by atoms with Gasteiger partial charge in [-0.1, -0.05) is 37.6 Å². The van der Waals surface area contributed by atoms with Crippen LogP contribution in [0.25, 0.3) is 0 Å². The van der Waals surface area contributed by atoms with Gasteiger partial charge >= 0.3 is 5.97 Å². The van der Waals surface area contributed by atoms with E-state index >= 15 is 0 Å². The molecule has 2 aromatic carbocycles. The topological polar surface area (TPSA) is 127 Å². The SMILES string of the molecule is CCN(CC)S(=O)(=O)c1cccc(NC(=O)COC(=O)CCS(=O)(=O)c2ccc(C)cc2)c1. The molecular weight excluding hydrogens is 468 g/mol. The average molecular weight is 497 g/mol. The molecule has 33 heavy (non-hydrogen) atoms.